The molecule has 0 amide bonds. The minimum absolute atomic E-state index is 0.174. The summed E-state index contributed by atoms with van der Waals surface area (Å²) in [6.07, 6.45) is 2.46. The van der Waals surface area contributed by atoms with E-state index in [1.165, 1.54) is 12.8 Å². The maximum Gasteiger partial charge on any atom is 0.0546 e. The monoisotopic (exact) mass is 284 g/mol. The van der Waals surface area contributed by atoms with Gasteiger partial charge in [-0.15, -0.1) is 0 Å². The van der Waals surface area contributed by atoms with E-state index in [2.05, 4.69) is 58.8 Å². The van der Waals surface area contributed by atoms with Gasteiger partial charge in [-0.2, -0.15) is 0 Å². The number of rotatable bonds is 5. The van der Waals surface area contributed by atoms with Gasteiger partial charge in [-0.3, -0.25) is 0 Å². The van der Waals surface area contributed by atoms with Crippen molar-refractivity contribution >= 4 is 0 Å². The number of ether oxygens (including phenoxy) is 1. The van der Waals surface area contributed by atoms with Gasteiger partial charge in [-0.05, 0) is 46.1 Å². The van der Waals surface area contributed by atoms with Gasteiger partial charge in [0, 0.05) is 37.2 Å². The smallest absolute Gasteiger partial charge is 0.0546 e. The molecular formula is C17H36N2O. The van der Waals surface area contributed by atoms with Crippen molar-refractivity contribution < 1.29 is 4.74 Å². The second-order valence-electron chi connectivity index (χ2n) is 8.99. The Hall–Kier alpha value is -0.120. The summed E-state index contributed by atoms with van der Waals surface area (Å²) in [6, 6.07) is 0. The number of hydrogen-bond donors (Lipinski definition) is 1. The molecule has 1 atom stereocenters. The van der Waals surface area contributed by atoms with Gasteiger partial charge in [0.05, 0.1) is 6.61 Å². The molecule has 1 aliphatic heterocycles. The lowest BCUT2D eigenvalue weighted by molar-refractivity contribution is -0.0286. The minimum Gasteiger partial charge on any atom is -0.381 e. The van der Waals surface area contributed by atoms with Crippen LogP contribution in [0.4, 0.5) is 0 Å². The average Bonchev–Trinajstić information content (AvgIpc) is 2.24. The van der Waals surface area contributed by atoms with Gasteiger partial charge >= 0.3 is 0 Å². The van der Waals surface area contributed by atoms with Crippen LogP contribution in [0.25, 0.3) is 0 Å². The van der Waals surface area contributed by atoms with E-state index in [0.717, 1.165) is 32.8 Å². The summed E-state index contributed by atoms with van der Waals surface area (Å²) >= 11 is 0. The molecule has 0 bridgehead atoms. The maximum absolute atomic E-state index is 5.82. The SMILES string of the molecule is CN(CC(C)(C)C)CC1(CNC(C)(C)C)CCCOC1. The molecule has 0 aliphatic carbocycles. The summed E-state index contributed by atoms with van der Waals surface area (Å²) in [7, 11) is 2.25. The van der Waals surface area contributed by atoms with Crippen molar-refractivity contribution in [3.63, 3.8) is 0 Å². The summed E-state index contributed by atoms with van der Waals surface area (Å²) in [5, 5.41) is 3.69. The molecule has 1 saturated heterocycles. The van der Waals surface area contributed by atoms with Gasteiger partial charge in [-0.25, -0.2) is 0 Å². The van der Waals surface area contributed by atoms with E-state index in [1.807, 2.05) is 0 Å². The van der Waals surface area contributed by atoms with Crippen molar-refractivity contribution in [3.05, 3.63) is 0 Å². The highest BCUT2D eigenvalue weighted by Gasteiger charge is 2.35. The van der Waals surface area contributed by atoms with Crippen LogP contribution in [0.5, 0.6) is 0 Å². The Bertz CT molecular complexity index is 282. The largest absolute Gasteiger partial charge is 0.381 e. The zero-order valence-electron chi connectivity index (χ0n) is 14.8. The topological polar surface area (TPSA) is 24.5 Å². The maximum atomic E-state index is 5.82. The lowest BCUT2D eigenvalue weighted by Crippen LogP contribution is -2.52. The van der Waals surface area contributed by atoms with Crippen molar-refractivity contribution in [2.75, 3.05) is 39.9 Å². The zero-order valence-corrected chi connectivity index (χ0v) is 14.8. The standard InChI is InChI=1S/C17H36N2O/c1-15(2,3)12-19(7)13-17(9-8-10-20-14-17)11-18-16(4,5)6/h18H,8-14H2,1-7H3. The molecule has 0 aromatic heterocycles. The van der Waals surface area contributed by atoms with Crippen molar-refractivity contribution in [1.29, 1.82) is 0 Å². The Balaban J connectivity index is 2.63. The Kier molecular flexibility index (Phi) is 6.06. The first kappa shape index (κ1) is 17.9. The van der Waals surface area contributed by atoms with Gasteiger partial charge in [-0.1, -0.05) is 20.8 Å². The quantitative estimate of drug-likeness (QED) is 0.839. The summed E-state index contributed by atoms with van der Waals surface area (Å²) in [6.45, 7) is 18.8. The molecule has 1 heterocycles. The average molecular weight is 284 g/mol. The molecule has 3 heteroatoms. The van der Waals surface area contributed by atoms with Crippen LogP contribution in [0.3, 0.4) is 0 Å². The van der Waals surface area contributed by atoms with Crippen molar-refractivity contribution in [1.82, 2.24) is 10.2 Å². The first-order chi connectivity index (χ1) is 9.02. The molecule has 0 radical (unpaired) electrons. The van der Waals surface area contributed by atoms with Crippen molar-refractivity contribution in [2.45, 2.75) is 59.9 Å². The van der Waals surface area contributed by atoms with Crippen LogP contribution < -0.4 is 5.32 Å². The predicted molar refractivity (Wildman–Crippen MR) is 87.2 cm³/mol. The Morgan fingerprint density at radius 3 is 2.25 bits per heavy atom. The van der Waals surface area contributed by atoms with Crippen LogP contribution >= 0.6 is 0 Å². The first-order valence-corrected chi connectivity index (χ1v) is 8.03. The Morgan fingerprint density at radius 1 is 1.15 bits per heavy atom. The van der Waals surface area contributed by atoms with E-state index in [4.69, 9.17) is 4.74 Å². The van der Waals surface area contributed by atoms with Gasteiger partial charge < -0.3 is 15.0 Å². The highest BCUT2D eigenvalue weighted by atomic mass is 16.5. The molecule has 3 nitrogen and oxygen atoms in total. The predicted octanol–water partition coefficient (Wildman–Crippen LogP) is 3.15. The fraction of sp³-hybridized carbons (Fsp3) is 1.00. The van der Waals surface area contributed by atoms with E-state index in [1.54, 1.807) is 0 Å². The number of nitrogens with zero attached hydrogens (tertiary/aromatic N) is 1. The fourth-order valence-corrected chi connectivity index (χ4v) is 3.12. The van der Waals surface area contributed by atoms with Gasteiger partial charge in [0.1, 0.15) is 0 Å². The molecule has 0 spiro atoms. The van der Waals surface area contributed by atoms with Gasteiger partial charge in [0.25, 0.3) is 0 Å². The highest BCUT2D eigenvalue weighted by molar-refractivity contribution is 4.89. The third-order valence-corrected chi connectivity index (χ3v) is 3.75. The van der Waals surface area contributed by atoms with Crippen LogP contribution in [-0.4, -0.2) is 50.3 Å². The molecule has 0 saturated carbocycles. The summed E-state index contributed by atoms with van der Waals surface area (Å²) < 4.78 is 5.82. The zero-order chi connectivity index (χ0) is 15.4. The van der Waals surface area contributed by atoms with Crippen LogP contribution in [0.2, 0.25) is 0 Å². The van der Waals surface area contributed by atoms with E-state index in [0.29, 0.717) is 5.41 Å². The third-order valence-electron chi connectivity index (χ3n) is 3.75. The summed E-state index contributed by atoms with van der Waals surface area (Å²) in [5.74, 6) is 0. The summed E-state index contributed by atoms with van der Waals surface area (Å²) in [4.78, 5) is 2.49. The van der Waals surface area contributed by atoms with Gasteiger partial charge in [0.15, 0.2) is 0 Å². The summed E-state index contributed by atoms with van der Waals surface area (Å²) in [5.41, 5.74) is 0.793. The third kappa shape index (κ3) is 7.05. The molecule has 120 valence electrons. The van der Waals surface area contributed by atoms with Crippen LogP contribution in [-0.2, 0) is 4.74 Å². The van der Waals surface area contributed by atoms with E-state index in [-0.39, 0.29) is 11.0 Å². The van der Waals surface area contributed by atoms with Crippen LogP contribution in [0.15, 0.2) is 0 Å². The molecule has 1 rings (SSSR count). The molecular weight excluding hydrogens is 248 g/mol. The minimum atomic E-state index is 0.174. The number of nitrogens with one attached hydrogen (secondary N) is 1. The highest BCUT2D eigenvalue weighted by Crippen LogP contribution is 2.30. The Morgan fingerprint density at radius 2 is 1.80 bits per heavy atom. The van der Waals surface area contributed by atoms with E-state index >= 15 is 0 Å². The molecule has 1 N–H and O–H groups in total. The normalized spacial score (nSPS) is 25.2. The fourth-order valence-electron chi connectivity index (χ4n) is 3.12. The Labute approximate surface area is 126 Å². The first-order valence-electron chi connectivity index (χ1n) is 8.03. The molecule has 1 fully saturated rings. The molecule has 1 unspecified atom stereocenters. The van der Waals surface area contributed by atoms with E-state index < -0.39 is 0 Å². The molecule has 20 heavy (non-hydrogen) atoms. The van der Waals surface area contributed by atoms with Crippen molar-refractivity contribution in [2.24, 2.45) is 10.8 Å². The van der Waals surface area contributed by atoms with Crippen LogP contribution in [0.1, 0.15) is 54.4 Å². The van der Waals surface area contributed by atoms with Crippen LogP contribution in [0, 0.1) is 10.8 Å². The van der Waals surface area contributed by atoms with Crippen molar-refractivity contribution in [3.8, 4) is 0 Å². The lowest BCUT2D eigenvalue weighted by Gasteiger charge is -2.42. The molecule has 1 aliphatic rings. The second kappa shape index (κ2) is 6.76. The number of hydrogen-bond acceptors (Lipinski definition) is 3. The molecule has 0 aromatic rings. The van der Waals surface area contributed by atoms with Gasteiger partial charge in [0.2, 0.25) is 0 Å². The lowest BCUT2D eigenvalue weighted by atomic mass is 9.80. The molecule has 0 aromatic carbocycles. The van der Waals surface area contributed by atoms with E-state index in [9.17, 15) is 0 Å². The second-order valence-corrected chi connectivity index (χ2v) is 8.99.